The Hall–Kier alpha value is -1.78. The Balaban J connectivity index is 2.06. The number of hydrogen-bond acceptors (Lipinski definition) is 4. The van der Waals surface area contributed by atoms with Crippen LogP contribution in [-0.4, -0.2) is 21.1 Å². The molecule has 0 fully saturated rings. The van der Waals surface area contributed by atoms with Crippen LogP contribution in [-0.2, 0) is 6.54 Å². The topological polar surface area (TPSA) is 79.5 Å². The maximum Gasteiger partial charge on any atom is 0.255 e. The first-order chi connectivity index (χ1) is 13.1. The highest BCUT2D eigenvalue weighted by Gasteiger charge is 2.13. The predicted molar refractivity (Wildman–Crippen MR) is 110 cm³/mol. The third-order valence-corrected chi connectivity index (χ3v) is 5.15. The lowest BCUT2D eigenvalue weighted by Gasteiger charge is -2.11. The van der Waals surface area contributed by atoms with E-state index < -0.39 is 17.1 Å². The molecule has 1 rings (SSSR count). The fourth-order valence-electron chi connectivity index (χ4n) is 3.46. The maximum atomic E-state index is 11.9. The summed E-state index contributed by atoms with van der Waals surface area (Å²) in [6.07, 6.45) is 18.0. The maximum absolute atomic E-state index is 11.9. The van der Waals surface area contributed by atoms with Gasteiger partial charge in [-0.15, -0.1) is 0 Å². The van der Waals surface area contributed by atoms with Crippen LogP contribution in [0.25, 0.3) is 0 Å². The van der Waals surface area contributed by atoms with Gasteiger partial charge < -0.3 is 14.8 Å². The largest absolute Gasteiger partial charge is 0.504 e. The molecule has 5 nitrogen and oxygen atoms in total. The molecule has 0 aliphatic rings. The number of aromatic nitrogens is 1. The zero-order valence-electron chi connectivity index (χ0n) is 16.9. The molecule has 0 saturated heterocycles. The van der Waals surface area contributed by atoms with Crippen LogP contribution in [0.4, 0.5) is 0 Å². The number of unbranched alkanes of at least 4 members (excludes halogenated alkanes) is 13. The Labute approximate surface area is 163 Å². The van der Waals surface area contributed by atoms with E-state index in [2.05, 4.69) is 6.92 Å². The van der Waals surface area contributed by atoms with Gasteiger partial charge in [0.2, 0.25) is 0 Å². The van der Waals surface area contributed by atoms with Crippen molar-refractivity contribution in [1.29, 1.82) is 0 Å². The average molecular weight is 380 g/mol. The highest BCUT2D eigenvalue weighted by atomic mass is 16.3. The zero-order chi connectivity index (χ0) is 19.9. The van der Waals surface area contributed by atoms with Crippen LogP contribution in [0.2, 0.25) is 0 Å². The minimum Gasteiger partial charge on any atom is -0.504 e. The van der Waals surface area contributed by atoms with Gasteiger partial charge in [-0.1, -0.05) is 90.4 Å². The van der Waals surface area contributed by atoms with E-state index >= 15 is 0 Å². The SMILES string of the molecule is CCCCCCCCCCCCCCCCn1c(C=O)c(O)c(O)cc1=O. The van der Waals surface area contributed by atoms with E-state index in [1.807, 2.05) is 0 Å². The van der Waals surface area contributed by atoms with Crippen molar-refractivity contribution in [3.05, 3.63) is 22.1 Å². The summed E-state index contributed by atoms with van der Waals surface area (Å²) in [4.78, 5) is 22.9. The molecule has 0 saturated carbocycles. The van der Waals surface area contributed by atoms with Crippen LogP contribution in [0.3, 0.4) is 0 Å². The normalized spacial score (nSPS) is 11.0. The Kier molecular flexibility index (Phi) is 12.3. The molecule has 0 spiro atoms. The molecule has 0 amide bonds. The van der Waals surface area contributed by atoms with E-state index in [4.69, 9.17) is 0 Å². The number of carbonyl (C=O) groups is 1. The summed E-state index contributed by atoms with van der Waals surface area (Å²) in [6.45, 7) is 2.64. The molecule has 0 radical (unpaired) electrons. The van der Waals surface area contributed by atoms with Gasteiger partial charge in [0, 0.05) is 12.6 Å². The monoisotopic (exact) mass is 379 g/mol. The van der Waals surface area contributed by atoms with Crippen LogP contribution < -0.4 is 5.56 Å². The first-order valence-electron chi connectivity index (χ1n) is 10.7. The van der Waals surface area contributed by atoms with Crippen molar-refractivity contribution in [2.75, 3.05) is 0 Å². The first-order valence-corrected chi connectivity index (χ1v) is 10.7. The predicted octanol–water partition coefficient (Wildman–Crippen LogP) is 5.55. The summed E-state index contributed by atoms with van der Waals surface area (Å²) in [5.74, 6) is -1.06. The smallest absolute Gasteiger partial charge is 0.255 e. The summed E-state index contributed by atoms with van der Waals surface area (Å²) >= 11 is 0. The molecular formula is C22H37NO4. The van der Waals surface area contributed by atoms with Crippen LogP contribution in [0.1, 0.15) is 107 Å². The minimum atomic E-state index is -0.542. The van der Waals surface area contributed by atoms with Crippen molar-refractivity contribution < 1.29 is 15.0 Å². The highest BCUT2D eigenvalue weighted by Crippen LogP contribution is 2.25. The summed E-state index contributed by atoms with van der Waals surface area (Å²) in [7, 11) is 0. The van der Waals surface area contributed by atoms with E-state index in [0.29, 0.717) is 12.8 Å². The standard InChI is InChI=1S/C22H37NO4/c1-2-3-4-5-6-7-8-9-10-11-12-13-14-15-16-23-19(18-24)22(27)20(25)17-21(23)26/h17-18,25,27H,2-16H2,1H3. The van der Waals surface area contributed by atoms with Crippen LogP contribution >= 0.6 is 0 Å². The molecule has 0 aromatic carbocycles. The van der Waals surface area contributed by atoms with Crippen LogP contribution in [0.5, 0.6) is 11.5 Å². The summed E-state index contributed by atoms with van der Waals surface area (Å²) in [6, 6.07) is 0.951. The molecule has 1 heterocycles. The molecule has 154 valence electrons. The second kappa shape index (κ2) is 14.3. The summed E-state index contributed by atoms with van der Waals surface area (Å²) < 4.78 is 1.24. The van der Waals surface area contributed by atoms with E-state index in [9.17, 15) is 19.8 Å². The highest BCUT2D eigenvalue weighted by molar-refractivity contribution is 5.78. The fraction of sp³-hybridized carbons (Fsp3) is 0.727. The number of rotatable bonds is 16. The molecular weight excluding hydrogens is 342 g/mol. The molecule has 0 bridgehead atoms. The lowest BCUT2D eigenvalue weighted by Crippen LogP contribution is -2.22. The lowest BCUT2D eigenvalue weighted by atomic mass is 10.0. The number of pyridine rings is 1. The van der Waals surface area contributed by atoms with Gasteiger partial charge in [0.15, 0.2) is 17.8 Å². The van der Waals surface area contributed by atoms with Crippen LogP contribution in [0, 0.1) is 0 Å². The lowest BCUT2D eigenvalue weighted by molar-refractivity contribution is 0.111. The zero-order valence-corrected chi connectivity index (χ0v) is 16.9. The number of hydrogen-bond donors (Lipinski definition) is 2. The first kappa shape index (κ1) is 23.3. The van der Waals surface area contributed by atoms with E-state index in [1.165, 1.54) is 75.2 Å². The third-order valence-electron chi connectivity index (χ3n) is 5.15. The van der Waals surface area contributed by atoms with Crippen LogP contribution in [0.15, 0.2) is 10.9 Å². The minimum absolute atomic E-state index is 0.144. The van der Waals surface area contributed by atoms with Crippen molar-refractivity contribution in [3.63, 3.8) is 0 Å². The van der Waals surface area contributed by atoms with Gasteiger partial charge in [-0.25, -0.2) is 0 Å². The number of aldehydes is 1. The molecule has 2 N–H and O–H groups in total. The molecule has 5 heteroatoms. The molecule has 0 unspecified atom stereocenters. The Morgan fingerprint density at radius 2 is 1.26 bits per heavy atom. The van der Waals surface area contributed by atoms with Crippen molar-refractivity contribution in [2.45, 2.75) is 103 Å². The summed E-state index contributed by atoms with van der Waals surface area (Å²) in [5.41, 5.74) is -0.600. The van der Waals surface area contributed by atoms with Crippen molar-refractivity contribution in [3.8, 4) is 11.5 Å². The van der Waals surface area contributed by atoms with E-state index in [1.54, 1.807) is 0 Å². The average Bonchev–Trinajstić information content (AvgIpc) is 2.66. The van der Waals surface area contributed by atoms with Gasteiger partial charge in [0.05, 0.1) is 0 Å². The molecule has 27 heavy (non-hydrogen) atoms. The number of aromatic hydroxyl groups is 2. The molecule has 0 aliphatic carbocycles. The second-order valence-electron chi connectivity index (χ2n) is 7.47. The van der Waals surface area contributed by atoms with E-state index in [0.717, 1.165) is 25.3 Å². The Morgan fingerprint density at radius 3 is 1.70 bits per heavy atom. The van der Waals surface area contributed by atoms with E-state index in [-0.39, 0.29) is 5.69 Å². The fourth-order valence-corrected chi connectivity index (χ4v) is 3.46. The van der Waals surface area contributed by atoms with Crippen molar-refractivity contribution in [1.82, 2.24) is 4.57 Å². The van der Waals surface area contributed by atoms with Gasteiger partial charge in [-0.3, -0.25) is 9.59 Å². The van der Waals surface area contributed by atoms with Gasteiger partial charge in [-0.05, 0) is 6.42 Å². The molecule has 1 aromatic rings. The number of nitrogens with zero attached hydrogens (tertiary/aromatic N) is 1. The quantitative estimate of drug-likeness (QED) is 0.291. The molecule has 1 aromatic heterocycles. The third kappa shape index (κ3) is 9.12. The Bertz CT molecular complexity index is 595. The second-order valence-corrected chi connectivity index (χ2v) is 7.47. The molecule has 0 aliphatic heterocycles. The van der Waals surface area contributed by atoms with Gasteiger partial charge in [-0.2, -0.15) is 0 Å². The van der Waals surface area contributed by atoms with Gasteiger partial charge >= 0.3 is 0 Å². The Morgan fingerprint density at radius 1 is 0.815 bits per heavy atom. The summed E-state index contributed by atoms with van der Waals surface area (Å²) in [5, 5.41) is 19.1. The number of carbonyl (C=O) groups excluding carboxylic acids is 1. The molecule has 0 atom stereocenters. The van der Waals surface area contributed by atoms with Crippen molar-refractivity contribution >= 4 is 6.29 Å². The van der Waals surface area contributed by atoms with Gasteiger partial charge in [0.1, 0.15) is 5.69 Å². The van der Waals surface area contributed by atoms with Gasteiger partial charge in [0.25, 0.3) is 5.56 Å². The van der Waals surface area contributed by atoms with Crippen molar-refractivity contribution in [2.24, 2.45) is 0 Å².